The van der Waals surface area contributed by atoms with Crippen molar-refractivity contribution in [1.29, 1.82) is 0 Å². The Morgan fingerprint density at radius 3 is 2.44 bits per heavy atom. The molecule has 1 N–H and O–H groups in total. The standard InChI is InChI=1S/C26H38O5Si/c1-25(2,3)32(5,6)31-21(15-18-7-10-20(28-4)11-8-18)12-9-19-16-23-22(24(19)27)17-26(23)29-13-14-30-26/h7-8,10-11,19,21-24,27H,13-17H2,1-6H3. The van der Waals surface area contributed by atoms with E-state index < -0.39 is 20.2 Å². The lowest BCUT2D eigenvalue weighted by atomic mass is 9.69. The number of aliphatic hydroxyl groups excluding tert-OH is 1. The van der Waals surface area contributed by atoms with E-state index in [9.17, 15) is 5.11 Å². The van der Waals surface area contributed by atoms with Crippen molar-refractivity contribution in [3.05, 3.63) is 29.8 Å². The van der Waals surface area contributed by atoms with Gasteiger partial charge in [0.1, 0.15) is 11.9 Å². The molecular weight excluding hydrogens is 420 g/mol. The van der Waals surface area contributed by atoms with Gasteiger partial charge in [-0.3, -0.25) is 0 Å². The molecular formula is C26H38O5Si. The minimum Gasteiger partial charge on any atom is -0.497 e. The Balaban J connectivity index is 1.50. The number of aliphatic hydroxyl groups is 1. The highest BCUT2D eigenvalue weighted by atomic mass is 28.4. The van der Waals surface area contributed by atoms with Gasteiger partial charge in [-0.05, 0) is 48.2 Å². The van der Waals surface area contributed by atoms with Crippen molar-refractivity contribution in [1.82, 2.24) is 0 Å². The second kappa shape index (κ2) is 8.77. The van der Waals surface area contributed by atoms with Gasteiger partial charge in [-0.1, -0.05) is 44.7 Å². The molecule has 5 nitrogen and oxygen atoms in total. The highest BCUT2D eigenvalue weighted by Crippen LogP contribution is 2.59. The number of fused-ring (bicyclic) bond motifs is 2. The summed E-state index contributed by atoms with van der Waals surface area (Å²) in [6.07, 6.45) is 1.71. The fraction of sp³-hybridized carbons (Fsp3) is 0.692. The minimum atomic E-state index is -2.00. The molecule has 1 aromatic rings. The molecule has 3 fully saturated rings. The highest BCUT2D eigenvalue weighted by Gasteiger charge is 2.64. The molecule has 1 aromatic carbocycles. The van der Waals surface area contributed by atoms with E-state index in [1.54, 1.807) is 7.11 Å². The third-order valence-electron chi connectivity index (χ3n) is 7.99. The molecule has 2 aliphatic carbocycles. The van der Waals surface area contributed by atoms with Gasteiger partial charge in [0, 0.05) is 24.7 Å². The Morgan fingerprint density at radius 1 is 1.19 bits per heavy atom. The number of ether oxygens (including phenoxy) is 3. The van der Waals surface area contributed by atoms with Crippen LogP contribution in [0.5, 0.6) is 5.75 Å². The van der Waals surface area contributed by atoms with Crippen LogP contribution >= 0.6 is 0 Å². The summed E-state index contributed by atoms with van der Waals surface area (Å²) in [5, 5.41) is 11.0. The fourth-order valence-electron chi connectivity index (χ4n) is 4.99. The third kappa shape index (κ3) is 4.51. The molecule has 5 unspecified atom stereocenters. The Labute approximate surface area is 193 Å². The van der Waals surface area contributed by atoms with Gasteiger partial charge in [0.05, 0.1) is 26.4 Å². The molecule has 1 spiro atoms. The van der Waals surface area contributed by atoms with E-state index in [1.807, 2.05) is 12.1 Å². The summed E-state index contributed by atoms with van der Waals surface area (Å²) >= 11 is 0. The first-order valence-electron chi connectivity index (χ1n) is 11.8. The van der Waals surface area contributed by atoms with E-state index >= 15 is 0 Å². The zero-order chi connectivity index (χ0) is 23.1. The number of benzene rings is 1. The smallest absolute Gasteiger partial charge is 0.193 e. The molecule has 176 valence electrons. The molecule has 4 rings (SSSR count). The molecule has 2 saturated carbocycles. The maximum Gasteiger partial charge on any atom is 0.193 e. The van der Waals surface area contributed by atoms with Crippen molar-refractivity contribution >= 4 is 8.32 Å². The topological polar surface area (TPSA) is 57.2 Å². The second-order valence-electron chi connectivity index (χ2n) is 11.0. The maximum absolute atomic E-state index is 10.9. The van der Waals surface area contributed by atoms with Gasteiger partial charge in [0.2, 0.25) is 0 Å². The van der Waals surface area contributed by atoms with E-state index in [1.165, 1.54) is 5.56 Å². The lowest BCUT2D eigenvalue weighted by Crippen LogP contribution is -2.54. The Bertz CT molecular complexity index is 857. The quantitative estimate of drug-likeness (QED) is 0.524. The van der Waals surface area contributed by atoms with Gasteiger partial charge in [-0.15, -0.1) is 0 Å². The number of rotatable bonds is 5. The van der Waals surface area contributed by atoms with Crippen molar-refractivity contribution in [2.45, 2.75) is 76.2 Å². The summed E-state index contributed by atoms with van der Waals surface area (Å²) in [5.41, 5.74) is 1.17. The zero-order valence-electron chi connectivity index (χ0n) is 20.3. The van der Waals surface area contributed by atoms with Crippen LogP contribution in [0.15, 0.2) is 24.3 Å². The van der Waals surface area contributed by atoms with Gasteiger partial charge in [0.15, 0.2) is 14.1 Å². The van der Waals surface area contributed by atoms with Crippen molar-refractivity contribution in [3.63, 3.8) is 0 Å². The Hall–Kier alpha value is -1.36. The van der Waals surface area contributed by atoms with Crippen LogP contribution in [-0.2, 0) is 20.3 Å². The van der Waals surface area contributed by atoms with Crippen molar-refractivity contribution in [2.75, 3.05) is 20.3 Å². The molecule has 0 amide bonds. The highest BCUT2D eigenvalue weighted by molar-refractivity contribution is 6.74. The van der Waals surface area contributed by atoms with Crippen molar-refractivity contribution < 1.29 is 23.7 Å². The molecule has 32 heavy (non-hydrogen) atoms. The molecule has 0 radical (unpaired) electrons. The zero-order valence-corrected chi connectivity index (χ0v) is 21.3. The first-order valence-corrected chi connectivity index (χ1v) is 14.7. The summed E-state index contributed by atoms with van der Waals surface area (Å²) in [6, 6.07) is 8.11. The number of methoxy groups -OCH3 is 1. The first kappa shape index (κ1) is 23.8. The van der Waals surface area contributed by atoms with Crippen LogP contribution in [0.4, 0.5) is 0 Å². The summed E-state index contributed by atoms with van der Waals surface area (Å²) < 4.78 is 23.8. The van der Waals surface area contributed by atoms with Gasteiger partial charge in [0.25, 0.3) is 0 Å². The molecule has 3 aliphatic rings. The fourth-order valence-corrected chi connectivity index (χ4v) is 6.20. The molecule has 0 aromatic heterocycles. The largest absolute Gasteiger partial charge is 0.497 e. The van der Waals surface area contributed by atoms with Crippen LogP contribution in [0.2, 0.25) is 18.1 Å². The van der Waals surface area contributed by atoms with Crippen LogP contribution in [-0.4, -0.2) is 51.7 Å². The van der Waals surface area contributed by atoms with Crippen LogP contribution in [0, 0.1) is 29.6 Å². The lowest BCUT2D eigenvalue weighted by Gasteiger charge is -2.48. The maximum atomic E-state index is 10.9. The summed E-state index contributed by atoms with van der Waals surface area (Å²) in [5.74, 6) is 7.66. The van der Waals surface area contributed by atoms with Crippen LogP contribution < -0.4 is 4.74 Å². The van der Waals surface area contributed by atoms with Crippen molar-refractivity contribution in [2.24, 2.45) is 17.8 Å². The Morgan fingerprint density at radius 2 is 1.84 bits per heavy atom. The predicted molar refractivity (Wildman–Crippen MR) is 127 cm³/mol. The van der Waals surface area contributed by atoms with E-state index in [0.29, 0.717) is 13.2 Å². The van der Waals surface area contributed by atoms with Gasteiger partial charge < -0.3 is 23.7 Å². The minimum absolute atomic E-state index is 0.0569. The number of hydrogen-bond donors (Lipinski definition) is 1. The van der Waals surface area contributed by atoms with Crippen molar-refractivity contribution in [3.8, 4) is 17.6 Å². The monoisotopic (exact) mass is 458 g/mol. The average Bonchev–Trinajstić information content (AvgIpc) is 3.31. The van der Waals surface area contributed by atoms with E-state index in [2.05, 4.69) is 57.8 Å². The predicted octanol–water partition coefficient (Wildman–Crippen LogP) is 4.39. The van der Waals surface area contributed by atoms with Gasteiger partial charge in [-0.25, -0.2) is 0 Å². The van der Waals surface area contributed by atoms with Crippen LogP contribution in [0.25, 0.3) is 0 Å². The molecule has 1 heterocycles. The van der Waals surface area contributed by atoms with Crippen LogP contribution in [0.1, 0.15) is 39.2 Å². The second-order valence-corrected chi connectivity index (χ2v) is 15.8. The Kier molecular flexibility index (Phi) is 6.52. The van der Waals surface area contributed by atoms with Crippen LogP contribution in [0.3, 0.4) is 0 Å². The normalized spacial score (nSPS) is 29.7. The van der Waals surface area contributed by atoms with Gasteiger partial charge >= 0.3 is 0 Å². The van der Waals surface area contributed by atoms with E-state index in [-0.39, 0.29) is 28.9 Å². The molecule has 0 bridgehead atoms. The first-order chi connectivity index (χ1) is 15.0. The summed E-state index contributed by atoms with van der Waals surface area (Å²) in [6.45, 7) is 12.6. The van der Waals surface area contributed by atoms with E-state index in [0.717, 1.165) is 25.0 Å². The van der Waals surface area contributed by atoms with E-state index in [4.69, 9.17) is 18.6 Å². The van der Waals surface area contributed by atoms with Gasteiger partial charge in [-0.2, -0.15) is 0 Å². The summed E-state index contributed by atoms with van der Waals surface area (Å²) in [7, 11) is -0.328. The average molecular weight is 459 g/mol. The molecule has 6 heteroatoms. The summed E-state index contributed by atoms with van der Waals surface area (Å²) in [4.78, 5) is 0. The molecule has 5 atom stereocenters. The molecule has 1 aliphatic heterocycles. The SMILES string of the molecule is COc1ccc(CC(C#CC2CC3C(CC34OCCO4)C2O)O[Si](C)(C)C(C)(C)C)cc1. The number of hydrogen-bond acceptors (Lipinski definition) is 5. The molecule has 1 saturated heterocycles. The third-order valence-corrected chi connectivity index (χ3v) is 12.5. The lowest BCUT2D eigenvalue weighted by molar-refractivity contribution is -0.275.